The Labute approximate surface area is 95.3 Å². The molecule has 0 amide bonds. The van der Waals surface area contributed by atoms with Gasteiger partial charge >= 0.3 is 0 Å². The molecule has 15 heavy (non-hydrogen) atoms. The van der Waals surface area contributed by atoms with Crippen LogP contribution in [-0.2, 0) is 9.05 Å². The lowest BCUT2D eigenvalue weighted by molar-refractivity contribution is -0.173. The second-order valence-corrected chi connectivity index (χ2v) is 4.55. The van der Waals surface area contributed by atoms with E-state index in [4.69, 9.17) is 9.05 Å². The molecule has 6 heteroatoms. The molecule has 0 spiro atoms. The fraction of sp³-hybridized carbons (Fsp3) is 1.00. The summed E-state index contributed by atoms with van der Waals surface area (Å²) in [5.74, 6) is 0. The van der Waals surface area contributed by atoms with Gasteiger partial charge in [0.05, 0.1) is 12.2 Å². The minimum atomic E-state index is -0.807. The molecule has 1 fully saturated rings. The van der Waals surface area contributed by atoms with E-state index in [2.05, 4.69) is 18.9 Å². The predicted molar refractivity (Wildman–Crippen MR) is 64.3 cm³/mol. The van der Waals surface area contributed by atoms with Crippen LogP contribution in [0.5, 0.6) is 0 Å². The van der Waals surface area contributed by atoms with Crippen LogP contribution < -0.4 is 0 Å². The third-order valence-electron chi connectivity index (χ3n) is 3.14. The molecule has 0 aromatic carbocycles. The van der Waals surface area contributed by atoms with E-state index in [1.807, 2.05) is 6.92 Å². The summed E-state index contributed by atoms with van der Waals surface area (Å²) in [5, 5.41) is 19.9. The Hall–Kier alpha value is 0.700. The lowest BCUT2D eigenvalue weighted by Crippen LogP contribution is -2.60. The van der Waals surface area contributed by atoms with Crippen molar-refractivity contribution in [3.8, 4) is 0 Å². The molecule has 90 valence electrons. The Kier molecular flexibility index (Phi) is 5.38. The molecule has 0 saturated heterocycles. The maximum atomic E-state index is 10.0. The fourth-order valence-electron chi connectivity index (χ4n) is 2.35. The molecule has 1 rings (SSSR count). The maximum absolute atomic E-state index is 10.0. The van der Waals surface area contributed by atoms with Crippen molar-refractivity contribution in [1.82, 2.24) is 0 Å². The van der Waals surface area contributed by atoms with Gasteiger partial charge in [-0.3, -0.25) is 0 Å². The molecule has 0 aromatic heterocycles. The first kappa shape index (κ1) is 13.8. The van der Waals surface area contributed by atoms with Crippen molar-refractivity contribution in [2.45, 2.75) is 56.5 Å². The Morgan fingerprint density at radius 2 is 2.00 bits per heavy atom. The first-order valence-corrected chi connectivity index (χ1v) is 6.16. The van der Waals surface area contributed by atoms with Gasteiger partial charge in [-0.05, 0) is 19.3 Å². The number of aliphatic hydroxyl groups is 2. The van der Waals surface area contributed by atoms with E-state index in [0.717, 1.165) is 6.42 Å². The SMILES string of the molecule is CCC[C@]1(OP)[C@H](O)CC[C@H](O)[C@H]1OP. The normalized spacial score (nSPS) is 41.8. The van der Waals surface area contributed by atoms with Gasteiger partial charge in [0.15, 0.2) is 0 Å². The average Bonchev–Trinajstić information content (AvgIpc) is 2.24. The van der Waals surface area contributed by atoms with Crippen molar-refractivity contribution in [3.05, 3.63) is 0 Å². The van der Waals surface area contributed by atoms with E-state index in [-0.39, 0.29) is 0 Å². The zero-order valence-corrected chi connectivity index (χ0v) is 11.2. The standard InChI is InChI=1S/C9H20O4P2/c1-2-5-9(13-15)7(11)4-3-6(10)8(9)12-14/h6-8,10-11H,2-5,14-15H2,1H3/t6-,7+,8+,9-/m0/s1. The third kappa shape index (κ3) is 2.52. The molecule has 6 atom stereocenters. The zero-order valence-electron chi connectivity index (χ0n) is 8.93. The second-order valence-electron chi connectivity index (χ2n) is 4.04. The number of hydrogen-bond acceptors (Lipinski definition) is 4. The molecule has 4 nitrogen and oxygen atoms in total. The number of rotatable bonds is 4. The molecule has 2 unspecified atom stereocenters. The predicted octanol–water partition coefficient (Wildman–Crippen LogP) is 1.02. The van der Waals surface area contributed by atoms with Gasteiger partial charge in [-0.2, -0.15) is 0 Å². The Morgan fingerprint density at radius 1 is 1.33 bits per heavy atom. The van der Waals surface area contributed by atoms with Gasteiger partial charge in [0.25, 0.3) is 0 Å². The topological polar surface area (TPSA) is 58.9 Å². The highest BCUT2D eigenvalue weighted by Gasteiger charge is 2.51. The van der Waals surface area contributed by atoms with Gasteiger partial charge < -0.3 is 19.3 Å². The monoisotopic (exact) mass is 254 g/mol. The average molecular weight is 254 g/mol. The Morgan fingerprint density at radius 3 is 2.47 bits per heavy atom. The summed E-state index contributed by atoms with van der Waals surface area (Å²) in [6.45, 7) is 2.01. The molecule has 1 aliphatic rings. The van der Waals surface area contributed by atoms with Gasteiger partial charge in [0.2, 0.25) is 0 Å². The van der Waals surface area contributed by atoms with Crippen LogP contribution in [0.25, 0.3) is 0 Å². The minimum Gasteiger partial charge on any atom is -0.390 e. The summed E-state index contributed by atoms with van der Waals surface area (Å²) < 4.78 is 10.6. The fourth-order valence-corrected chi connectivity index (χ4v) is 3.17. The lowest BCUT2D eigenvalue weighted by atomic mass is 9.75. The van der Waals surface area contributed by atoms with Crippen LogP contribution in [0.3, 0.4) is 0 Å². The van der Waals surface area contributed by atoms with Crippen LogP contribution in [-0.4, -0.2) is 34.1 Å². The molecule has 0 heterocycles. The van der Waals surface area contributed by atoms with Crippen LogP contribution in [0, 0.1) is 0 Å². The van der Waals surface area contributed by atoms with E-state index < -0.39 is 23.9 Å². The largest absolute Gasteiger partial charge is 0.390 e. The first-order chi connectivity index (χ1) is 7.12. The minimum absolute atomic E-state index is 0.497. The van der Waals surface area contributed by atoms with Gasteiger partial charge in [-0.15, -0.1) is 0 Å². The molecule has 1 aliphatic carbocycles. The molecule has 1 saturated carbocycles. The first-order valence-electron chi connectivity index (χ1n) is 5.22. The van der Waals surface area contributed by atoms with Crippen molar-refractivity contribution in [2.24, 2.45) is 0 Å². The van der Waals surface area contributed by atoms with E-state index in [1.165, 1.54) is 0 Å². The van der Waals surface area contributed by atoms with Gasteiger partial charge in [0, 0.05) is 18.9 Å². The summed E-state index contributed by atoms with van der Waals surface area (Å²) in [6, 6.07) is 0. The maximum Gasteiger partial charge on any atom is 0.126 e. The summed E-state index contributed by atoms with van der Waals surface area (Å²) in [4.78, 5) is 0. The second kappa shape index (κ2) is 5.86. The van der Waals surface area contributed by atoms with Crippen LogP contribution in [0.2, 0.25) is 0 Å². The molecule has 0 aromatic rings. The summed E-state index contributed by atoms with van der Waals surface area (Å²) in [5.41, 5.74) is -0.807. The van der Waals surface area contributed by atoms with Crippen LogP contribution in [0.15, 0.2) is 0 Å². The molecule has 2 N–H and O–H groups in total. The van der Waals surface area contributed by atoms with Crippen molar-refractivity contribution in [2.75, 3.05) is 0 Å². The summed E-state index contributed by atoms with van der Waals surface area (Å²) >= 11 is 0. The van der Waals surface area contributed by atoms with E-state index in [9.17, 15) is 10.2 Å². The summed E-state index contributed by atoms with van der Waals surface area (Å²) in [6.07, 6.45) is 0.932. The molecular formula is C9H20O4P2. The van der Waals surface area contributed by atoms with Gasteiger partial charge in [0.1, 0.15) is 11.7 Å². The van der Waals surface area contributed by atoms with E-state index in [1.54, 1.807) is 0 Å². The highest BCUT2D eigenvalue weighted by atomic mass is 31.0. The van der Waals surface area contributed by atoms with E-state index in [0.29, 0.717) is 19.3 Å². The lowest BCUT2D eigenvalue weighted by Gasteiger charge is -2.47. The zero-order chi connectivity index (χ0) is 11.5. The van der Waals surface area contributed by atoms with Crippen molar-refractivity contribution in [1.29, 1.82) is 0 Å². The Balaban J connectivity index is 2.92. The van der Waals surface area contributed by atoms with Crippen LogP contribution in [0.4, 0.5) is 0 Å². The summed E-state index contributed by atoms with van der Waals surface area (Å²) in [7, 11) is 4.33. The highest BCUT2D eigenvalue weighted by Crippen LogP contribution is 2.40. The smallest absolute Gasteiger partial charge is 0.126 e. The third-order valence-corrected chi connectivity index (χ3v) is 3.87. The molecule has 0 bridgehead atoms. The van der Waals surface area contributed by atoms with Crippen molar-refractivity contribution >= 4 is 18.9 Å². The van der Waals surface area contributed by atoms with Gasteiger partial charge in [-0.1, -0.05) is 13.3 Å². The number of aliphatic hydroxyl groups excluding tert-OH is 2. The Bertz CT molecular complexity index is 205. The van der Waals surface area contributed by atoms with E-state index >= 15 is 0 Å². The molecule has 0 aliphatic heterocycles. The van der Waals surface area contributed by atoms with Crippen molar-refractivity contribution < 1.29 is 19.3 Å². The highest BCUT2D eigenvalue weighted by molar-refractivity contribution is 7.10. The molecule has 0 radical (unpaired) electrons. The van der Waals surface area contributed by atoms with Crippen LogP contribution in [0.1, 0.15) is 32.6 Å². The number of hydrogen-bond donors (Lipinski definition) is 2. The van der Waals surface area contributed by atoms with Crippen molar-refractivity contribution in [3.63, 3.8) is 0 Å². The van der Waals surface area contributed by atoms with Crippen LogP contribution >= 0.6 is 18.9 Å². The molecular weight excluding hydrogens is 234 g/mol. The quantitative estimate of drug-likeness (QED) is 0.735. The van der Waals surface area contributed by atoms with Gasteiger partial charge in [-0.25, -0.2) is 0 Å².